The minimum Gasteiger partial charge on any atom is -0.477 e. The number of anilines is 1. The highest BCUT2D eigenvalue weighted by molar-refractivity contribution is 7.99. The number of thioether (sulfide) groups is 1. The summed E-state index contributed by atoms with van der Waals surface area (Å²) in [7, 11) is 0. The standard InChI is InChI=1S/C53H64N6O11S/c60-50(17-18-51(61)59-35-42-9-2-1-7-40(42)15-16-41-8-3-4-14-47(41)59)54-19-24-66-31-32-71-38-39-33-48-49(34-39)70-28-23-58(37-44-11-6-13-46(56-44)53(64)65)21-26-68-30-29-67-25-20-57(22-27-69-48)36-43-10-5-12-45(55-43)52(62)63/h1-14,39,48-49H,17-38H2,(H,54,60)(H,62,63)(H,64,65). The van der Waals surface area contributed by atoms with Gasteiger partial charge in [-0.3, -0.25) is 19.4 Å². The Labute approximate surface area is 419 Å². The molecule has 2 atom stereocenters. The topological polar surface area (TPSA) is 202 Å². The van der Waals surface area contributed by atoms with Gasteiger partial charge in [-0.1, -0.05) is 54.3 Å². The van der Waals surface area contributed by atoms with Crippen LogP contribution in [0.3, 0.4) is 0 Å². The number of aromatic nitrogens is 2. The highest BCUT2D eigenvalue weighted by atomic mass is 32.2. The molecule has 2 amide bonds. The van der Waals surface area contributed by atoms with E-state index in [2.05, 4.69) is 36.9 Å². The maximum absolute atomic E-state index is 13.5. The van der Waals surface area contributed by atoms with Crippen molar-refractivity contribution in [1.29, 1.82) is 0 Å². The van der Waals surface area contributed by atoms with Gasteiger partial charge in [-0.05, 0) is 72.5 Å². The van der Waals surface area contributed by atoms with Crippen molar-refractivity contribution in [3.63, 3.8) is 0 Å². The second-order valence-corrected chi connectivity index (χ2v) is 18.7. The quantitative estimate of drug-likeness (QED) is 0.0942. The molecule has 7 rings (SSSR count). The zero-order chi connectivity index (χ0) is 49.6. The Morgan fingerprint density at radius 2 is 1.25 bits per heavy atom. The van der Waals surface area contributed by atoms with Crippen LogP contribution >= 0.6 is 11.8 Å². The SMILES string of the molecule is O=C(CCC(=O)N1Cc2ccccc2C#Cc2ccccc21)NCCOCCSCC1CC2OCCN(Cc3cccc(C(=O)O)n3)CCOCCOCCN(Cc3cccc(C(=O)O)n3)CCOC2C1. The van der Waals surface area contributed by atoms with Crippen molar-refractivity contribution in [1.82, 2.24) is 25.1 Å². The maximum atomic E-state index is 13.5. The molecule has 0 radical (unpaired) electrons. The summed E-state index contributed by atoms with van der Waals surface area (Å²) in [6.45, 7) is 7.36. The number of pyridine rings is 2. The number of nitrogens with zero attached hydrogens (tertiary/aromatic N) is 5. The third-order valence-electron chi connectivity index (χ3n) is 12.4. The Morgan fingerprint density at radius 1 is 0.676 bits per heavy atom. The molecule has 2 aromatic heterocycles. The van der Waals surface area contributed by atoms with Crippen LogP contribution in [0.25, 0.3) is 0 Å². The minimum absolute atomic E-state index is 0.00128. The third-order valence-corrected chi connectivity index (χ3v) is 13.5. The number of amides is 2. The molecule has 2 aromatic carbocycles. The first-order chi connectivity index (χ1) is 34.7. The van der Waals surface area contributed by atoms with Gasteiger partial charge in [-0.15, -0.1) is 0 Å². The van der Waals surface area contributed by atoms with Crippen molar-refractivity contribution in [3.05, 3.63) is 124 Å². The average Bonchev–Trinajstić information content (AvgIpc) is 3.75. The van der Waals surface area contributed by atoms with E-state index in [1.165, 1.54) is 12.1 Å². The van der Waals surface area contributed by atoms with E-state index in [9.17, 15) is 29.4 Å². The van der Waals surface area contributed by atoms with Gasteiger partial charge < -0.3 is 44.1 Å². The van der Waals surface area contributed by atoms with Crippen LogP contribution in [-0.2, 0) is 52.9 Å². The van der Waals surface area contributed by atoms with E-state index < -0.39 is 11.9 Å². The van der Waals surface area contributed by atoms with Crippen LogP contribution in [0.15, 0.2) is 84.9 Å². The lowest BCUT2D eigenvalue weighted by Crippen LogP contribution is -2.36. The molecule has 0 bridgehead atoms. The maximum Gasteiger partial charge on any atom is 0.354 e. The molecule has 1 saturated carbocycles. The van der Waals surface area contributed by atoms with Crippen molar-refractivity contribution < 1.29 is 53.1 Å². The molecule has 378 valence electrons. The molecule has 2 unspecified atom stereocenters. The smallest absolute Gasteiger partial charge is 0.354 e. The zero-order valence-electron chi connectivity index (χ0n) is 40.1. The minimum atomic E-state index is -1.07. The molecular formula is C53H64N6O11S. The Bertz CT molecular complexity index is 2360. The van der Waals surface area contributed by atoms with Crippen molar-refractivity contribution in [2.24, 2.45) is 5.92 Å². The van der Waals surface area contributed by atoms with E-state index in [0.717, 1.165) is 46.7 Å². The van der Waals surface area contributed by atoms with Crippen LogP contribution in [0.5, 0.6) is 0 Å². The number of rotatable bonds is 17. The van der Waals surface area contributed by atoms with E-state index in [-0.39, 0.29) is 48.3 Å². The lowest BCUT2D eigenvalue weighted by atomic mass is 10.0. The summed E-state index contributed by atoms with van der Waals surface area (Å²) in [6, 6.07) is 25.4. The molecule has 2 aliphatic heterocycles. The van der Waals surface area contributed by atoms with Crippen molar-refractivity contribution >= 4 is 41.2 Å². The number of carbonyl (C=O) groups is 4. The summed E-state index contributed by atoms with van der Waals surface area (Å²) in [6.07, 6.45) is 1.52. The van der Waals surface area contributed by atoms with E-state index in [4.69, 9.17) is 23.7 Å². The second kappa shape index (κ2) is 28.3. The molecule has 2 fully saturated rings. The summed E-state index contributed by atoms with van der Waals surface area (Å²) in [5, 5.41) is 21.9. The zero-order valence-corrected chi connectivity index (χ0v) is 40.9. The van der Waals surface area contributed by atoms with Gasteiger partial charge in [0.25, 0.3) is 0 Å². The predicted molar refractivity (Wildman–Crippen MR) is 267 cm³/mol. The number of hydrogen-bond acceptors (Lipinski definition) is 14. The molecule has 0 spiro atoms. The van der Waals surface area contributed by atoms with Crippen LogP contribution in [0.2, 0.25) is 0 Å². The van der Waals surface area contributed by atoms with Gasteiger partial charge in [0.2, 0.25) is 11.8 Å². The summed E-state index contributed by atoms with van der Waals surface area (Å²) >= 11 is 1.81. The lowest BCUT2D eigenvalue weighted by Gasteiger charge is -2.27. The number of para-hydroxylation sites is 1. The van der Waals surface area contributed by atoms with Crippen LogP contribution in [0.4, 0.5) is 5.69 Å². The summed E-state index contributed by atoms with van der Waals surface area (Å²) in [5.74, 6) is 5.98. The number of aromatic carboxylic acids is 2. The number of hydrogen-bond donors (Lipinski definition) is 3. The van der Waals surface area contributed by atoms with Gasteiger partial charge in [0.05, 0.1) is 88.7 Å². The van der Waals surface area contributed by atoms with Gasteiger partial charge in [-0.2, -0.15) is 11.8 Å². The van der Waals surface area contributed by atoms with Gasteiger partial charge in [0, 0.05) is 75.5 Å². The third kappa shape index (κ3) is 17.2. The first kappa shape index (κ1) is 53.1. The summed E-state index contributed by atoms with van der Waals surface area (Å²) < 4.78 is 30.9. The number of nitrogens with one attached hydrogen (secondary N) is 1. The van der Waals surface area contributed by atoms with Crippen LogP contribution in [-0.4, -0.2) is 163 Å². The van der Waals surface area contributed by atoms with Crippen LogP contribution in [0, 0.1) is 17.8 Å². The number of fused-ring (bicyclic) bond motifs is 3. The highest BCUT2D eigenvalue weighted by Crippen LogP contribution is 2.33. The Morgan fingerprint density at radius 3 is 1.89 bits per heavy atom. The molecule has 1 aliphatic carbocycles. The fraction of sp³-hybridized carbons (Fsp3) is 0.472. The summed E-state index contributed by atoms with van der Waals surface area (Å²) in [5.41, 5.74) is 4.66. The second-order valence-electron chi connectivity index (χ2n) is 17.5. The molecule has 4 aromatic rings. The first-order valence-electron chi connectivity index (χ1n) is 24.3. The van der Waals surface area contributed by atoms with Crippen LogP contribution in [0.1, 0.15) is 74.7 Å². The molecular weight excluding hydrogens is 929 g/mol. The number of benzene rings is 2. The predicted octanol–water partition coefficient (Wildman–Crippen LogP) is 5.00. The van der Waals surface area contributed by atoms with E-state index in [0.29, 0.717) is 123 Å². The monoisotopic (exact) mass is 992 g/mol. The fourth-order valence-electron chi connectivity index (χ4n) is 8.67. The summed E-state index contributed by atoms with van der Waals surface area (Å²) in [4.78, 5) is 64.3. The van der Waals surface area contributed by atoms with Gasteiger partial charge in [0.15, 0.2) is 0 Å². The molecule has 17 nitrogen and oxygen atoms in total. The van der Waals surface area contributed by atoms with Gasteiger partial charge in [0.1, 0.15) is 11.4 Å². The highest BCUT2D eigenvalue weighted by Gasteiger charge is 2.36. The first-order valence-corrected chi connectivity index (χ1v) is 25.5. The molecule has 1 saturated heterocycles. The molecule has 3 N–H and O–H groups in total. The number of carbonyl (C=O) groups excluding carboxylic acids is 2. The van der Waals surface area contributed by atoms with Gasteiger partial charge in [-0.25, -0.2) is 19.6 Å². The molecule has 18 heteroatoms. The van der Waals surface area contributed by atoms with Crippen molar-refractivity contribution in [2.45, 2.75) is 57.5 Å². The van der Waals surface area contributed by atoms with E-state index >= 15 is 0 Å². The van der Waals surface area contributed by atoms with Crippen LogP contribution < -0.4 is 10.2 Å². The molecule has 71 heavy (non-hydrogen) atoms. The fourth-order valence-corrected chi connectivity index (χ4v) is 9.68. The largest absolute Gasteiger partial charge is 0.477 e. The average molecular weight is 993 g/mol. The Kier molecular flexibility index (Phi) is 21.2. The number of carboxylic acids is 2. The number of carboxylic acid groups (broad SMARTS) is 2. The number of ether oxygens (including phenoxy) is 5. The lowest BCUT2D eigenvalue weighted by molar-refractivity contribution is -0.125. The Balaban J connectivity index is 0.858. The van der Waals surface area contributed by atoms with E-state index in [1.54, 1.807) is 17.0 Å². The van der Waals surface area contributed by atoms with Gasteiger partial charge >= 0.3 is 11.9 Å². The Hall–Kier alpha value is -5.75. The molecule has 4 heterocycles. The molecule has 3 aliphatic rings. The van der Waals surface area contributed by atoms with E-state index in [1.807, 2.05) is 72.4 Å². The van der Waals surface area contributed by atoms with Crippen molar-refractivity contribution in [2.75, 3.05) is 102 Å². The van der Waals surface area contributed by atoms with Crippen molar-refractivity contribution in [3.8, 4) is 11.8 Å². The normalized spacial score (nSPS) is 19.5.